The smallest absolute Gasteiger partial charge is 0.286 e. The van der Waals surface area contributed by atoms with Crippen molar-refractivity contribution < 1.29 is 4.79 Å². The molecule has 0 atom stereocenters. The summed E-state index contributed by atoms with van der Waals surface area (Å²) >= 11 is 0. The molecule has 0 aliphatic rings. The number of aromatic nitrogens is 2. The molecule has 4 heteroatoms. The first-order valence-corrected chi connectivity index (χ1v) is 6.33. The first-order chi connectivity index (χ1) is 8.76. The molecule has 0 radical (unpaired) electrons. The van der Waals surface area contributed by atoms with E-state index in [1.165, 1.54) is 0 Å². The highest BCUT2D eigenvalue weighted by Crippen LogP contribution is 2.25. The minimum atomic E-state index is -0.586. The largest absolute Gasteiger partial charge is 0.363 e. The average molecular weight is 257 g/mol. The van der Waals surface area contributed by atoms with E-state index in [2.05, 4.69) is 36.8 Å². The molecule has 4 nitrogen and oxygen atoms in total. The minimum Gasteiger partial charge on any atom is -0.363 e. The van der Waals surface area contributed by atoms with Gasteiger partial charge in [0.25, 0.3) is 5.91 Å². The Morgan fingerprint density at radius 1 is 1.26 bits per heavy atom. The van der Waals surface area contributed by atoms with E-state index in [1.807, 2.05) is 19.1 Å². The SMILES string of the molecule is Cc1ccc2nc(C(N)=O)nc(CC(C)(C)C)c2c1. The number of hydrogen-bond donors (Lipinski definition) is 1. The minimum absolute atomic E-state index is 0.0833. The maximum atomic E-state index is 11.3. The van der Waals surface area contributed by atoms with Crippen molar-refractivity contribution in [1.29, 1.82) is 0 Å². The zero-order valence-electron chi connectivity index (χ0n) is 11.8. The second kappa shape index (κ2) is 4.61. The van der Waals surface area contributed by atoms with Gasteiger partial charge in [0.05, 0.1) is 11.2 Å². The van der Waals surface area contributed by atoms with E-state index in [9.17, 15) is 4.79 Å². The molecule has 0 saturated carbocycles. The Hall–Kier alpha value is -1.97. The van der Waals surface area contributed by atoms with Crippen molar-refractivity contribution in [2.24, 2.45) is 11.1 Å². The summed E-state index contributed by atoms with van der Waals surface area (Å²) in [6.45, 7) is 8.45. The van der Waals surface area contributed by atoms with Crippen molar-refractivity contribution in [2.75, 3.05) is 0 Å². The van der Waals surface area contributed by atoms with Crippen LogP contribution in [0.3, 0.4) is 0 Å². The molecule has 1 heterocycles. The molecule has 2 rings (SSSR count). The second-order valence-corrected chi connectivity index (χ2v) is 6.12. The van der Waals surface area contributed by atoms with Crippen molar-refractivity contribution >= 4 is 16.8 Å². The van der Waals surface area contributed by atoms with Crippen LogP contribution in [0.2, 0.25) is 0 Å². The second-order valence-electron chi connectivity index (χ2n) is 6.12. The third-order valence-electron chi connectivity index (χ3n) is 2.85. The van der Waals surface area contributed by atoms with Crippen molar-refractivity contribution in [2.45, 2.75) is 34.1 Å². The number of amides is 1. The summed E-state index contributed by atoms with van der Waals surface area (Å²) in [5.41, 5.74) is 8.19. The van der Waals surface area contributed by atoms with Crippen LogP contribution in [0.4, 0.5) is 0 Å². The number of hydrogen-bond acceptors (Lipinski definition) is 3. The van der Waals surface area contributed by atoms with Gasteiger partial charge in [-0.15, -0.1) is 0 Å². The summed E-state index contributed by atoms with van der Waals surface area (Å²) in [4.78, 5) is 19.9. The molecule has 0 saturated heterocycles. The predicted molar refractivity (Wildman–Crippen MR) is 76.0 cm³/mol. The van der Waals surface area contributed by atoms with Gasteiger partial charge < -0.3 is 5.73 Å². The molecule has 0 aliphatic carbocycles. The molecule has 2 N–H and O–H groups in total. The van der Waals surface area contributed by atoms with Gasteiger partial charge in [0.2, 0.25) is 5.82 Å². The van der Waals surface area contributed by atoms with Gasteiger partial charge in [0, 0.05) is 5.39 Å². The quantitative estimate of drug-likeness (QED) is 0.899. The lowest BCUT2D eigenvalue weighted by Gasteiger charge is -2.19. The summed E-state index contributed by atoms with van der Waals surface area (Å²) < 4.78 is 0. The van der Waals surface area contributed by atoms with E-state index in [0.29, 0.717) is 0 Å². The summed E-state index contributed by atoms with van der Waals surface area (Å²) in [5, 5.41) is 1.000. The molecule has 1 aromatic carbocycles. The lowest BCUT2D eigenvalue weighted by molar-refractivity contribution is 0.0990. The van der Waals surface area contributed by atoms with Gasteiger partial charge in [-0.2, -0.15) is 0 Å². The molecule has 2 aromatic rings. The highest BCUT2D eigenvalue weighted by atomic mass is 16.1. The first kappa shape index (κ1) is 13.5. The zero-order chi connectivity index (χ0) is 14.2. The fourth-order valence-electron chi connectivity index (χ4n) is 2.05. The highest BCUT2D eigenvalue weighted by molar-refractivity contribution is 5.92. The number of nitrogens with two attached hydrogens (primary N) is 1. The fourth-order valence-corrected chi connectivity index (χ4v) is 2.05. The standard InChI is InChI=1S/C15H19N3O/c1-9-5-6-11-10(7-9)12(8-15(2,3)4)18-14(17-11)13(16)19/h5-7H,8H2,1-4H3,(H2,16,19). The van der Waals surface area contributed by atoms with Crippen LogP contribution in [0.5, 0.6) is 0 Å². The van der Waals surface area contributed by atoms with Crippen molar-refractivity contribution in [3.63, 3.8) is 0 Å². The third-order valence-corrected chi connectivity index (χ3v) is 2.85. The number of aryl methyl sites for hydroxylation is 1. The van der Waals surface area contributed by atoms with E-state index in [4.69, 9.17) is 5.73 Å². The molecule has 1 amide bonds. The summed E-state index contributed by atoms with van der Waals surface area (Å²) in [7, 11) is 0. The maximum Gasteiger partial charge on any atom is 0.286 e. The van der Waals surface area contributed by atoms with Gasteiger partial charge in [-0.05, 0) is 30.9 Å². The normalized spacial score (nSPS) is 11.8. The number of rotatable bonds is 2. The monoisotopic (exact) mass is 257 g/mol. The molecule has 0 aliphatic heterocycles. The van der Waals surface area contributed by atoms with Gasteiger partial charge in [-0.25, -0.2) is 9.97 Å². The topological polar surface area (TPSA) is 68.9 Å². The molecule has 0 bridgehead atoms. The van der Waals surface area contributed by atoms with Crippen LogP contribution in [0, 0.1) is 12.3 Å². The van der Waals surface area contributed by atoms with E-state index >= 15 is 0 Å². The molecule has 19 heavy (non-hydrogen) atoms. The molecule has 0 spiro atoms. The number of fused-ring (bicyclic) bond motifs is 1. The van der Waals surface area contributed by atoms with Crippen molar-refractivity contribution in [3.8, 4) is 0 Å². The number of nitrogens with zero attached hydrogens (tertiary/aromatic N) is 2. The number of primary amides is 1. The fraction of sp³-hybridized carbons (Fsp3) is 0.400. The van der Waals surface area contributed by atoms with Gasteiger partial charge in [-0.3, -0.25) is 4.79 Å². The van der Waals surface area contributed by atoms with Crippen molar-refractivity contribution in [1.82, 2.24) is 9.97 Å². The van der Waals surface area contributed by atoms with Gasteiger partial charge in [0.15, 0.2) is 0 Å². The summed E-state index contributed by atoms with van der Waals surface area (Å²) in [5.74, 6) is -0.492. The van der Waals surface area contributed by atoms with Crippen LogP contribution >= 0.6 is 0 Å². The molecular formula is C15H19N3O. The molecule has 100 valence electrons. The maximum absolute atomic E-state index is 11.3. The molecule has 0 unspecified atom stereocenters. The van der Waals surface area contributed by atoms with Crippen LogP contribution in [-0.2, 0) is 6.42 Å². The van der Waals surface area contributed by atoms with Crippen LogP contribution < -0.4 is 5.73 Å². The lowest BCUT2D eigenvalue weighted by atomic mass is 9.89. The Kier molecular flexibility index (Phi) is 3.27. The highest BCUT2D eigenvalue weighted by Gasteiger charge is 2.17. The number of benzene rings is 1. The lowest BCUT2D eigenvalue weighted by Crippen LogP contribution is -2.18. The van der Waals surface area contributed by atoms with Gasteiger partial charge >= 0.3 is 0 Å². The van der Waals surface area contributed by atoms with E-state index < -0.39 is 5.91 Å². The molecule has 0 fully saturated rings. The zero-order valence-corrected chi connectivity index (χ0v) is 11.8. The van der Waals surface area contributed by atoms with Crippen LogP contribution in [-0.4, -0.2) is 15.9 Å². The first-order valence-electron chi connectivity index (χ1n) is 6.33. The Morgan fingerprint density at radius 3 is 2.53 bits per heavy atom. The number of carbonyl (C=O) groups excluding carboxylic acids is 1. The van der Waals surface area contributed by atoms with Gasteiger partial charge in [0.1, 0.15) is 0 Å². The Bertz CT molecular complexity index is 642. The van der Waals surface area contributed by atoms with Gasteiger partial charge in [-0.1, -0.05) is 32.4 Å². The third kappa shape index (κ3) is 3.08. The molecule has 1 aromatic heterocycles. The Balaban J connectivity index is 2.69. The van der Waals surface area contributed by atoms with Crippen LogP contribution in [0.1, 0.15) is 42.6 Å². The van der Waals surface area contributed by atoms with E-state index in [0.717, 1.165) is 28.6 Å². The van der Waals surface area contributed by atoms with E-state index in [-0.39, 0.29) is 11.2 Å². The average Bonchev–Trinajstić information content (AvgIpc) is 2.27. The van der Waals surface area contributed by atoms with E-state index in [1.54, 1.807) is 0 Å². The number of carbonyl (C=O) groups is 1. The summed E-state index contributed by atoms with van der Waals surface area (Å²) in [6.07, 6.45) is 0.774. The summed E-state index contributed by atoms with van der Waals surface area (Å²) in [6, 6.07) is 5.94. The van der Waals surface area contributed by atoms with Crippen LogP contribution in [0.15, 0.2) is 18.2 Å². The molecular weight excluding hydrogens is 238 g/mol. The van der Waals surface area contributed by atoms with Crippen LogP contribution in [0.25, 0.3) is 10.9 Å². The Morgan fingerprint density at radius 2 is 1.95 bits per heavy atom. The predicted octanol–water partition coefficient (Wildman–Crippen LogP) is 2.63. The Labute approximate surface area is 113 Å². The van der Waals surface area contributed by atoms with Crippen molar-refractivity contribution in [3.05, 3.63) is 35.3 Å².